The summed E-state index contributed by atoms with van der Waals surface area (Å²) in [5.74, 6) is 1.57. The van der Waals surface area contributed by atoms with Crippen molar-refractivity contribution in [3.63, 3.8) is 0 Å². The number of aryl methyl sites for hydroxylation is 1. The number of aromatic hydroxyl groups is 1. The molecule has 1 aliphatic rings. The molecule has 30 heavy (non-hydrogen) atoms. The van der Waals surface area contributed by atoms with Gasteiger partial charge in [0, 0.05) is 35.6 Å². The van der Waals surface area contributed by atoms with Crippen LogP contribution in [0.5, 0.6) is 5.75 Å². The zero-order valence-electron chi connectivity index (χ0n) is 17.4. The molecule has 0 saturated heterocycles. The van der Waals surface area contributed by atoms with Crippen molar-refractivity contribution in [1.29, 1.82) is 0 Å². The van der Waals surface area contributed by atoms with Gasteiger partial charge in [-0.2, -0.15) is 9.61 Å². The van der Waals surface area contributed by atoms with E-state index in [0.717, 1.165) is 46.7 Å². The van der Waals surface area contributed by atoms with E-state index < -0.39 is 0 Å². The Labute approximate surface area is 175 Å². The Hall–Kier alpha value is -3.41. The highest BCUT2D eigenvalue weighted by molar-refractivity contribution is 5.68. The molecule has 152 valence electrons. The molecule has 5 rings (SSSR count). The van der Waals surface area contributed by atoms with E-state index in [1.165, 1.54) is 11.1 Å². The van der Waals surface area contributed by atoms with Crippen LogP contribution in [0.4, 0.5) is 5.82 Å². The van der Waals surface area contributed by atoms with Crippen molar-refractivity contribution in [3.8, 4) is 17.0 Å². The van der Waals surface area contributed by atoms with Crippen molar-refractivity contribution in [2.24, 2.45) is 0 Å². The number of phenolic OH excluding ortho intramolecular Hbond substituents is 1. The van der Waals surface area contributed by atoms with E-state index in [4.69, 9.17) is 4.98 Å². The monoisotopic (exact) mass is 399 g/mol. The van der Waals surface area contributed by atoms with Crippen molar-refractivity contribution >= 4 is 11.5 Å². The minimum absolute atomic E-state index is 0.239. The Morgan fingerprint density at radius 1 is 1.07 bits per heavy atom. The molecule has 0 saturated carbocycles. The number of hydrogen-bond donors (Lipinski definition) is 2. The van der Waals surface area contributed by atoms with Crippen LogP contribution >= 0.6 is 0 Å². The molecule has 6 nitrogen and oxygen atoms in total. The first-order chi connectivity index (χ1) is 14.5. The van der Waals surface area contributed by atoms with Crippen LogP contribution in [0.15, 0.2) is 48.9 Å². The summed E-state index contributed by atoms with van der Waals surface area (Å²) in [7, 11) is 0. The minimum atomic E-state index is 0.239. The zero-order valence-corrected chi connectivity index (χ0v) is 17.4. The predicted octanol–water partition coefficient (Wildman–Crippen LogP) is 4.51. The summed E-state index contributed by atoms with van der Waals surface area (Å²) in [6.45, 7) is 6.36. The van der Waals surface area contributed by atoms with Crippen LogP contribution < -0.4 is 5.32 Å². The van der Waals surface area contributed by atoms with Crippen LogP contribution in [0.1, 0.15) is 42.0 Å². The standard InChI is InChI=1S/C24H25N5O/c1-14(2)21-13-26-29-23(27-19-7-16-4-5-20(30)9-17(16)8-19)10-22(28-24(21)29)18-6-15(3)11-25-12-18/h4-6,9-14,19,27,30H,7-8H2,1-3H3. The lowest BCUT2D eigenvalue weighted by atomic mass is 10.1. The van der Waals surface area contributed by atoms with Crippen LogP contribution in [0, 0.1) is 6.92 Å². The zero-order chi connectivity index (χ0) is 20.8. The molecule has 0 aliphatic heterocycles. The van der Waals surface area contributed by atoms with Gasteiger partial charge < -0.3 is 10.4 Å². The van der Waals surface area contributed by atoms with Crippen LogP contribution in [0.2, 0.25) is 0 Å². The van der Waals surface area contributed by atoms with Crippen molar-refractivity contribution in [1.82, 2.24) is 19.6 Å². The van der Waals surface area contributed by atoms with E-state index in [-0.39, 0.29) is 6.04 Å². The van der Waals surface area contributed by atoms with Gasteiger partial charge in [-0.3, -0.25) is 4.98 Å². The molecule has 1 aromatic carbocycles. The van der Waals surface area contributed by atoms with Crippen LogP contribution in [0.3, 0.4) is 0 Å². The number of nitrogens with zero attached hydrogens (tertiary/aromatic N) is 4. The van der Waals surface area contributed by atoms with Crippen molar-refractivity contribution in [2.75, 3.05) is 5.32 Å². The topological polar surface area (TPSA) is 75.3 Å². The van der Waals surface area contributed by atoms with E-state index in [1.807, 2.05) is 42.2 Å². The second kappa shape index (κ2) is 7.13. The number of nitrogens with one attached hydrogen (secondary N) is 1. The number of aromatic nitrogens is 4. The Kier molecular flexibility index (Phi) is 4.42. The van der Waals surface area contributed by atoms with Crippen molar-refractivity contribution in [2.45, 2.75) is 45.6 Å². The molecule has 0 spiro atoms. The highest BCUT2D eigenvalue weighted by Gasteiger charge is 2.23. The summed E-state index contributed by atoms with van der Waals surface area (Å²) in [5.41, 5.74) is 7.46. The number of pyridine rings is 1. The summed E-state index contributed by atoms with van der Waals surface area (Å²) in [6, 6.07) is 10.0. The maximum Gasteiger partial charge on any atom is 0.161 e. The first-order valence-corrected chi connectivity index (χ1v) is 10.4. The first kappa shape index (κ1) is 18.6. The minimum Gasteiger partial charge on any atom is -0.508 e. The van der Waals surface area contributed by atoms with Gasteiger partial charge in [0.15, 0.2) is 5.65 Å². The molecule has 1 unspecified atom stereocenters. The van der Waals surface area contributed by atoms with E-state index >= 15 is 0 Å². The van der Waals surface area contributed by atoms with Gasteiger partial charge in [0.25, 0.3) is 0 Å². The first-order valence-electron chi connectivity index (χ1n) is 10.4. The molecule has 3 heterocycles. The number of rotatable bonds is 4. The highest BCUT2D eigenvalue weighted by Crippen LogP contribution is 2.30. The Bertz CT molecular complexity index is 1240. The number of benzene rings is 1. The van der Waals surface area contributed by atoms with Crippen molar-refractivity contribution in [3.05, 3.63) is 71.2 Å². The normalized spacial score (nSPS) is 15.7. The lowest BCUT2D eigenvalue weighted by Gasteiger charge is -2.16. The maximum absolute atomic E-state index is 9.80. The molecule has 0 radical (unpaired) electrons. The highest BCUT2D eigenvalue weighted by atomic mass is 16.3. The van der Waals surface area contributed by atoms with Crippen LogP contribution in [-0.2, 0) is 12.8 Å². The summed E-state index contributed by atoms with van der Waals surface area (Å²) in [4.78, 5) is 9.29. The molecule has 0 fully saturated rings. The largest absolute Gasteiger partial charge is 0.508 e. The van der Waals surface area contributed by atoms with E-state index in [1.54, 1.807) is 6.07 Å². The fourth-order valence-corrected chi connectivity index (χ4v) is 4.25. The summed E-state index contributed by atoms with van der Waals surface area (Å²) in [6.07, 6.45) is 7.41. The average Bonchev–Trinajstić information content (AvgIpc) is 3.31. The molecule has 0 amide bonds. The smallest absolute Gasteiger partial charge is 0.161 e. The Morgan fingerprint density at radius 3 is 2.70 bits per heavy atom. The fourth-order valence-electron chi connectivity index (χ4n) is 4.25. The molecule has 2 N–H and O–H groups in total. The van der Waals surface area contributed by atoms with Crippen LogP contribution in [-0.4, -0.2) is 30.7 Å². The molecule has 3 aromatic heterocycles. The molecule has 0 bridgehead atoms. The van der Waals surface area contributed by atoms with Crippen LogP contribution in [0.25, 0.3) is 16.9 Å². The van der Waals surface area contributed by atoms with Crippen molar-refractivity contribution < 1.29 is 5.11 Å². The van der Waals surface area contributed by atoms with Gasteiger partial charge in [-0.1, -0.05) is 19.9 Å². The summed E-state index contributed by atoms with van der Waals surface area (Å²) < 4.78 is 1.91. The van der Waals surface area contributed by atoms with Gasteiger partial charge in [-0.05, 0) is 60.6 Å². The van der Waals surface area contributed by atoms with Gasteiger partial charge in [-0.25, -0.2) is 4.98 Å². The van der Waals surface area contributed by atoms with Gasteiger partial charge in [0.05, 0.1) is 11.9 Å². The second-order valence-electron chi connectivity index (χ2n) is 8.47. The SMILES string of the molecule is Cc1cncc(-c2cc(NC3Cc4ccc(O)cc4C3)n3ncc(C(C)C)c3n2)c1. The van der Waals surface area contributed by atoms with Gasteiger partial charge >= 0.3 is 0 Å². The number of anilines is 1. The molecule has 1 aliphatic carbocycles. The maximum atomic E-state index is 9.80. The Balaban J connectivity index is 1.57. The third-order valence-electron chi connectivity index (χ3n) is 5.77. The predicted molar refractivity (Wildman–Crippen MR) is 118 cm³/mol. The lowest BCUT2D eigenvalue weighted by molar-refractivity contribution is 0.474. The third kappa shape index (κ3) is 3.28. The quantitative estimate of drug-likeness (QED) is 0.528. The summed E-state index contributed by atoms with van der Waals surface area (Å²) in [5, 5.41) is 18.1. The molecular formula is C24H25N5O. The average molecular weight is 399 g/mol. The lowest BCUT2D eigenvalue weighted by Crippen LogP contribution is -2.21. The number of hydrogen-bond acceptors (Lipinski definition) is 5. The van der Waals surface area contributed by atoms with E-state index in [9.17, 15) is 5.11 Å². The third-order valence-corrected chi connectivity index (χ3v) is 5.77. The second-order valence-corrected chi connectivity index (χ2v) is 8.47. The molecule has 4 aromatic rings. The molecular weight excluding hydrogens is 374 g/mol. The molecule has 1 atom stereocenters. The molecule has 6 heteroatoms. The van der Waals surface area contributed by atoms with E-state index in [2.05, 4.69) is 41.4 Å². The van der Waals surface area contributed by atoms with E-state index in [0.29, 0.717) is 11.7 Å². The number of phenols is 1. The fraction of sp³-hybridized carbons (Fsp3) is 0.292. The Morgan fingerprint density at radius 2 is 1.90 bits per heavy atom. The van der Waals surface area contributed by atoms with Gasteiger partial charge in [-0.15, -0.1) is 0 Å². The summed E-state index contributed by atoms with van der Waals surface area (Å²) >= 11 is 0. The van der Waals surface area contributed by atoms with Gasteiger partial charge in [0.2, 0.25) is 0 Å². The number of fused-ring (bicyclic) bond motifs is 2. The van der Waals surface area contributed by atoms with Gasteiger partial charge in [0.1, 0.15) is 11.6 Å².